The van der Waals surface area contributed by atoms with Crippen molar-refractivity contribution in [2.24, 2.45) is 4.99 Å². The van der Waals surface area contributed by atoms with Gasteiger partial charge in [-0.25, -0.2) is 0 Å². The molecule has 0 aliphatic rings. The van der Waals surface area contributed by atoms with Crippen LogP contribution in [0, 0.1) is 0 Å². The van der Waals surface area contributed by atoms with Gasteiger partial charge >= 0.3 is 0 Å². The quantitative estimate of drug-likeness (QED) is 0.406. The summed E-state index contributed by atoms with van der Waals surface area (Å²) in [7, 11) is 1.66. The van der Waals surface area contributed by atoms with Crippen molar-refractivity contribution >= 4 is 27.5 Å². The Kier molecular flexibility index (Phi) is 6.60. The second-order valence-electron chi connectivity index (χ2n) is 6.93. The van der Waals surface area contributed by atoms with E-state index < -0.39 is 0 Å². The Morgan fingerprint density at radius 3 is 2.42 bits per heavy atom. The summed E-state index contributed by atoms with van der Waals surface area (Å²) in [6, 6.07) is 23.6. The van der Waals surface area contributed by atoms with Crippen LogP contribution in [0.3, 0.4) is 0 Å². The van der Waals surface area contributed by atoms with Crippen LogP contribution in [-0.4, -0.2) is 30.8 Å². The van der Waals surface area contributed by atoms with Crippen LogP contribution in [0.25, 0.3) is 21.3 Å². The van der Waals surface area contributed by atoms with Crippen molar-refractivity contribution in [1.82, 2.24) is 4.57 Å². The summed E-state index contributed by atoms with van der Waals surface area (Å²) in [5.74, 6) is 0.517. The maximum absolute atomic E-state index is 12.9. The molecule has 4 aromatic rings. The number of hydrogen-bond acceptors (Lipinski definition) is 4. The minimum absolute atomic E-state index is 0.268. The summed E-state index contributed by atoms with van der Waals surface area (Å²) in [4.78, 5) is 18.0. The van der Waals surface area contributed by atoms with Gasteiger partial charge in [-0.05, 0) is 42.3 Å². The fraction of sp³-hybridized carbons (Fsp3) is 0.200. The Balaban J connectivity index is 1.72. The van der Waals surface area contributed by atoms with Gasteiger partial charge in [-0.2, -0.15) is 4.99 Å². The Labute approximate surface area is 185 Å². The fourth-order valence-electron chi connectivity index (χ4n) is 3.43. The molecule has 0 saturated heterocycles. The Hall–Kier alpha value is -3.22. The van der Waals surface area contributed by atoms with Crippen LogP contribution < -0.4 is 9.54 Å². The first-order chi connectivity index (χ1) is 15.2. The van der Waals surface area contributed by atoms with E-state index in [9.17, 15) is 4.79 Å². The smallest absolute Gasteiger partial charge is 0.279 e. The standard InChI is InChI=1S/C25H24N2O3S/c1-3-30-21-10-7-11-22-23(21)27(16-17-29-2)25(31-22)26-24(28)20-14-12-19(13-15-20)18-8-5-4-6-9-18/h4-15H,3,16-17H2,1-2H3. The monoisotopic (exact) mass is 432 g/mol. The maximum Gasteiger partial charge on any atom is 0.279 e. The lowest BCUT2D eigenvalue weighted by atomic mass is 10.0. The molecule has 0 N–H and O–H groups in total. The number of para-hydroxylation sites is 1. The normalized spacial score (nSPS) is 11.7. The van der Waals surface area contributed by atoms with Crippen molar-refractivity contribution in [2.75, 3.05) is 20.3 Å². The predicted octanol–water partition coefficient (Wildman–Crippen LogP) is 5.16. The number of benzene rings is 3. The number of nitrogens with zero attached hydrogens (tertiary/aromatic N) is 2. The van der Waals surface area contributed by atoms with Gasteiger partial charge in [0.2, 0.25) is 0 Å². The van der Waals surface area contributed by atoms with Crippen molar-refractivity contribution < 1.29 is 14.3 Å². The zero-order valence-corrected chi connectivity index (χ0v) is 18.4. The maximum atomic E-state index is 12.9. The molecule has 0 fully saturated rings. The van der Waals surface area contributed by atoms with Gasteiger partial charge in [-0.15, -0.1) is 0 Å². The number of ether oxygens (including phenoxy) is 2. The van der Waals surface area contributed by atoms with Crippen molar-refractivity contribution in [3.05, 3.63) is 83.2 Å². The van der Waals surface area contributed by atoms with Gasteiger partial charge < -0.3 is 14.0 Å². The molecule has 0 aliphatic carbocycles. The summed E-state index contributed by atoms with van der Waals surface area (Å²) in [6.07, 6.45) is 0. The number of amides is 1. The van der Waals surface area contributed by atoms with E-state index in [1.54, 1.807) is 7.11 Å². The van der Waals surface area contributed by atoms with Crippen LogP contribution >= 0.6 is 11.3 Å². The number of rotatable bonds is 7. The average molecular weight is 433 g/mol. The molecule has 1 heterocycles. The molecule has 31 heavy (non-hydrogen) atoms. The van der Waals surface area contributed by atoms with E-state index in [1.165, 1.54) is 11.3 Å². The zero-order chi connectivity index (χ0) is 21.6. The molecule has 5 nitrogen and oxygen atoms in total. The molecule has 0 spiro atoms. The first kappa shape index (κ1) is 21.0. The molecule has 0 unspecified atom stereocenters. The van der Waals surface area contributed by atoms with Crippen molar-refractivity contribution in [2.45, 2.75) is 13.5 Å². The van der Waals surface area contributed by atoms with E-state index in [1.807, 2.05) is 84.3 Å². The molecule has 0 radical (unpaired) electrons. The van der Waals surface area contributed by atoms with Gasteiger partial charge in [0.05, 0.1) is 17.9 Å². The summed E-state index contributed by atoms with van der Waals surface area (Å²) in [6.45, 7) is 3.62. The molecular weight excluding hydrogens is 408 g/mol. The predicted molar refractivity (Wildman–Crippen MR) is 125 cm³/mol. The highest BCUT2D eigenvalue weighted by Crippen LogP contribution is 2.28. The molecule has 6 heteroatoms. The van der Waals surface area contributed by atoms with Crippen molar-refractivity contribution in [3.63, 3.8) is 0 Å². The molecule has 4 rings (SSSR count). The minimum Gasteiger partial charge on any atom is -0.492 e. The highest BCUT2D eigenvalue weighted by Gasteiger charge is 2.13. The number of methoxy groups -OCH3 is 1. The van der Waals surface area contributed by atoms with E-state index in [0.29, 0.717) is 30.1 Å². The Morgan fingerprint density at radius 1 is 0.968 bits per heavy atom. The third kappa shape index (κ3) is 4.60. The lowest BCUT2D eigenvalue weighted by Gasteiger charge is -2.09. The third-order valence-electron chi connectivity index (χ3n) is 4.92. The summed E-state index contributed by atoms with van der Waals surface area (Å²) < 4.78 is 14.1. The van der Waals surface area contributed by atoms with Crippen LogP contribution in [0.15, 0.2) is 77.8 Å². The van der Waals surface area contributed by atoms with Crippen LogP contribution in [0.4, 0.5) is 0 Å². The van der Waals surface area contributed by atoms with Crippen LogP contribution in [-0.2, 0) is 11.3 Å². The Bertz CT molecular complexity index is 1240. The van der Waals surface area contributed by atoms with Gasteiger partial charge in [0.25, 0.3) is 5.91 Å². The number of carbonyl (C=O) groups excluding carboxylic acids is 1. The number of fused-ring (bicyclic) bond motifs is 1. The molecule has 1 aromatic heterocycles. The highest BCUT2D eigenvalue weighted by atomic mass is 32.1. The lowest BCUT2D eigenvalue weighted by Crippen LogP contribution is -2.19. The second-order valence-corrected chi connectivity index (χ2v) is 7.93. The number of aromatic nitrogens is 1. The largest absolute Gasteiger partial charge is 0.492 e. The molecule has 0 bridgehead atoms. The topological polar surface area (TPSA) is 52.8 Å². The van der Waals surface area contributed by atoms with Gasteiger partial charge in [-0.3, -0.25) is 4.79 Å². The van der Waals surface area contributed by atoms with Gasteiger partial charge in [0, 0.05) is 19.2 Å². The average Bonchev–Trinajstić information content (AvgIpc) is 3.16. The van der Waals surface area contributed by atoms with Crippen molar-refractivity contribution in [1.29, 1.82) is 0 Å². The molecule has 158 valence electrons. The number of hydrogen-bond donors (Lipinski definition) is 0. The van der Waals surface area contributed by atoms with Gasteiger partial charge in [0.15, 0.2) is 4.80 Å². The Morgan fingerprint density at radius 2 is 1.71 bits per heavy atom. The lowest BCUT2D eigenvalue weighted by molar-refractivity contribution is 0.0997. The first-order valence-corrected chi connectivity index (χ1v) is 11.0. The van der Waals surface area contributed by atoms with E-state index in [0.717, 1.165) is 27.1 Å². The first-order valence-electron chi connectivity index (χ1n) is 10.2. The van der Waals surface area contributed by atoms with Crippen LogP contribution in [0.5, 0.6) is 5.75 Å². The summed E-state index contributed by atoms with van der Waals surface area (Å²) in [5.41, 5.74) is 3.68. The van der Waals surface area contributed by atoms with Gasteiger partial charge in [0.1, 0.15) is 11.3 Å². The van der Waals surface area contributed by atoms with E-state index >= 15 is 0 Å². The molecule has 1 amide bonds. The van der Waals surface area contributed by atoms with Crippen LogP contribution in [0.1, 0.15) is 17.3 Å². The zero-order valence-electron chi connectivity index (χ0n) is 17.6. The summed E-state index contributed by atoms with van der Waals surface area (Å²) in [5, 5.41) is 0. The molecule has 0 atom stereocenters. The molecule has 0 aliphatic heterocycles. The third-order valence-corrected chi connectivity index (χ3v) is 5.96. The SMILES string of the molecule is CCOc1cccc2sc(=NC(=O)c3ccc(-c4ccccc4)cc3)n(CCOC)c12. The number of carbonyl (C=O) groups is 1. The fourth-order valence-corrected chi connectivity index (χ4v) is 4.50. The summed E-state index contributed by atoms with van der Waals surface area (Å²) >= 11 is 1.48. The van der Waals surface area contributed by atoms with E-state index in [-0.39, 0.29) is 5.91 Å². The van der Waals surface area contributed by atoms with Crippen LogP contribution in [0.2, 0.25) is 0 Å². The minimum atomic E-state index is -0.268. The molecular formula is C25H24N2O3S. The number of thiazole rings is 1. The van der Waals surface area contributed by atoms with E-state index in [4.69, 9.17) is 9.47 Å². The molecule has 3 aromatic carbocycles. The second kappa shape index (κ2) is 9.73. The highest BCUT2D eigenvalue weighted by molar-refractivity contribution is 7.16. The molecule has 0 saturated carbocycles. The van der Waals surface area contributed by atoms with E-state index in [2.05, 4.69) is 4.99 Å². The van der Waals surface area contributed by atoms with Crippen molar-refractivity contribution in [3.8, 4) is 16.9 Å². The van der Waals surface area contributed by atoms with Gasteiger partial charge in [-0.1, -0.05) is 59.9 Å².